The molecule has 37 heavy (non-hydrogen) atoms. The van der Waals surface area contributed by atoms with Gasteiger partial charge in [0, 0.05) is 43.3 Å². The first kappa shape index (κ1) is 26.8. The Hall–Kier alpha value is -3.24. The fraction of sp³-hybridized carbons (Fsp3) is 0.444. The minimum Gasteiger partial charge on any atom is -0.351 e. The van der Waals surface area contributed by atoms with Crippen LogP contribution in [0.5, 0.6) is 0 Å². The zero-order valence-electron chi connectivity index (χ0n) is 21.0. The third-order valence-electron chi connectivity index (χ3n) is 7.01. The molecule has 0 aromatic heterocycles. The van der Waals surface area contributed by atoms with Crippen molar-refractivity contribution in [1.82, 2.24) is 14.9 Å². The maximum atomic E-state index is 13.2. The lowest BCUT2D eigenvalue weighted by molar-refractivity contribution is -0.127. The molecule has 3 amide bonds. The molecule has 4 rings (SSSR count). The number of hydrogen-bond donors (Lipinski definition) is 3. The van der Waals surface area contributed by atoms with E-state index in [1.807, 2.05) is 18.2 Å². The number of anilines is 1. The Balaban J connectivity index is 1.38. The van der Waals surface area contributed by atoms with Crippen molar-refractivity contribution in [2.45, 2.75) is 62.4 Å². The number of amides is 3. The van der Waals surface area contributed by atoms with Gasteiger partial charge in [-0.05, 0) is 62.1 Å². The molecule has 1 heterocycles. The van der Waals surface area contributed by atoms with Crippen LogP contribution in [0.2, 0.25) is 0 Å². The first-order chi connectivity index (χ1) is 17.7. The number of nitrogens with zero attached hydrogens (tertiary/aromatic N) is 1. The van der Waals surface area contributed by atoms with E-state index >= 15 is 0 Å². The lowest BCUT2D eigenvalue weighted by Crippen LogP contribution is -2.55. The number of sulfonamides is 1. The number of rotatable bonds is 7. The van der Waals surface area contributed by atoms with E-state index in [0.29, 0.717) is 30.6 Å². The number of nitrogens with one attached hydrogen (secondary N) is 3. The molecule has 9 nitrogen and oxygen atoms in total. The van der Waals surface area contributed by atoms with Gasteiger partial charge in [0.1, 0.15) is 0 Å². The maximum absolute atomic E-state index is 13.2. The SMILES string of the molecule is CC(=O)Nc1ccc(S(=O)(=O)N2CCCC(C(=O)NC3CCCC[C@H]3NC(=O)c3ccccc3)C2)cc1. The van der Waals surface area contributed by atoms with Crippen LogP contribution in [0.25, 0.3) is 0 Å². The Bertz CT molecular complexity index is 1220. The van der Waals surface area contributed by atoms with Gasteiger partial charge < -0.3 is 16.0 Å². The first-order valence-corrected chi connectivity index (χ1v) is 14.2. The predicted octanol–water partition coefficient (Wildman–Crippen LogP) is 2.90. The molecular formula is C27H34N4O5S. The summed E-state index contributed by atoms with van der Waals surface area (Å²) >= 11 is 0. The van der Waals surface area contributed by atoms with Gasteiger partial charge in [0.2, 0.25) is 21.8 Å². The van der Waals surface area contributed by atoms with Gasteiger partial charge in [-0.15, -0.1) is 0 Å². The summed E-state index contributed by atoms with van der Waals surface area (Å²) in [6, 6.07) is 14.7. The zero-order valence-corrected chi connectivity index (χ0v) is 21.8. The third kappa shape index (κ3) is 6.75. The Morgan fingerprint density at radius 2 is 1.49 bits per heavy atom. The summed E-state index contributed by atoms with van der Waals surface area (Å²) in [5.74, 6) is -1.03. The lowest BCUT2D eigenvalue weighted by Gasteiger charge is -2.36. The highest BCUT2D eigenvalue weighted by Crippen LogP contribution is 2.26. The van der Waals surface area contributed by atoms with E-state index in [1.165, 1.54) is 23.4 Å². The van der Waals surface area contributed by atoms with E-state index in [2.05, 4.69) is 16.0 Å². The summed E-state index contributed by atoms with van der Waals surface area (Å²) in [6.07, 6.45) is 4.67. The van der Waals surface area contributed by atoms with Gasteiger partial charge in [0.05, 0.1) is 10.8 Å². The van der Waals surface area contributed by atoms with Crippen molar-refractivity contribution in [1.29, 1.82) is 0 Å². The maximum Gasteiger partial charge on any atom is 0.251 e. The van der Waals surface area contributed by atoms with Gasteiger partial charge in [-0.2, -0.15) is 4.31 Å². The van der Waals surface area contributed by atoms with E-state index in [-0.39, 0.29) is 41.2 Å². The van der Waals surface area contributed by atoms with Crippen molar-refractivity contribution in [3.05, 3.63) is 60.2 Å². The molecule has 2 fully saturated rings. The zero-order chi connectivity index (χ0) is 26.4. The van der Waals surface area contributed by atoms with Gasteiger partial charge >= 0.3 is 0 Å². The van der Waals surface area contributed by atoms with Crippen molar-refractivity contribution in [2.24, 2.45) is 5.92 Å². The summed E-state index contributed by atoms with van der Waals surface area (Å²) < 4.78 is 27.9. The second-order valence-electron chi connectivity index (χ2n) is 9.75. The lowest BCUT2D eigenvalue weighted by atomic mass is 9.89. The van der Waals surface area contributed by atoms with Crippen LogP contribution in [-0.4, -0.2) is 55.6 Å². The van der Waals surface area contributed by atoms with Gasteiger partial charge in [-0.3, -0.25) is 14.4 Å². The largest absolute Gasteiger partial charge is 0.351 e. The summed E-state index contributed by atoms with van der Waals surface area (Å²) in [5.41, 5.74) is 1.10. The molecule has 2 aromatic carbocycles. The third-order valence-corrected chi connectivity index (χ3v) is 8.89. The second-order valence-corrected chi connectivity index (χ2v) is 11.7. The summed E-state index contributed by atoms with van der Waals surface area (Å²) in [7, 11) is -3.78. The van der Waals surface area contributed by atoms with Crippen LogP contribution < -0.4 is 16.0 Å². The number of benzene rings is 2. The highest BCUT2D eigenvalue weighted by atomic mass is 32.2. The van der Waals surface area contributed by atoms with E-state index in [9.17, 15) is 22.8 Å². The van der Waals surface area contributed by atoms with Crippen LogP contribution in [0.3, 0.4) is 0 Å². The highest BCUT2D eigenvalue weighted by molar-refractivity contribution is 7.89. The number of carbonyl (C=O) groups excluding carboxylic acids is 3. The fourth-order valence-corrected chi connectivity index (χ4v) is 6.58. The first-order valence-electron chi connectivity index (χ1n) is 12.8. The summed E-state index contributed by atoms with van der Waals surface area (Å²) in [5, 5.41) is 8.82. The Morgan fingerprint density at radius 3 is 2.14 bits per heavy atom. The molecule has 2 aliphatic rings. The van der Waals surface area contributed by atoms with Gasteiger partial charge in [0.15, 0.2) is 0 Å². The molecule has 0 bridgehead atoms. The number of piperidine rings is 1. The Morgan fingerprint density at radius 1 is 0.838 bits per heavy atom. The van der Waals surface area contributed by atoms with Crippen LogP contribution in [0.15, 0.2) is 59.5 Å². The molecule has 10 heteroatoms. The molecule has 2 aromatic rings. The van der Waals surface area contributed by atoms with Gasteiger partial charge in [-0.1, -0.05) is 31.0 Å². The normalized spacial score (nSPS) is 22.6. The summed E-state index contributed by atoms with van der Waals surface area (Å²) in [6.45, 7) is 1.84. The van der Waals surface area contributed by atoms with E-state index in [4.69, 9.17) is 0 Å². The van der Waals surface area contributed by atoms with E-state index < -0.39 is 15.9 Å². The quantitative estimate of drug-likeness (QED) is 0.512. The van der Waals surface area contributed by atoms with E-state index in [0.717, 1.165) is 25.7 Å². The van der Waals surface area contributed by atoms with Gasteiger partial charge in [0.25, 0.3) is 5.91 Å². The monoisotopic (exact) mass is 526 g/mol. The van der Waals surface area contributed by atoms with Crippen molar-refractivity contribution in [3.8, 4) is 0 Å². The smallest absolute Gasteiger partial charge is 0.251 e. The van der Waals surface area contributed by atoms with Crippen LogP contribution >= 0.6 is 0 Å². The summed E-state index contributed by atoms with van der Waals surface area (Å²) in [4.78, 5) is 37.3. The van der Waals surface area contributed by atoms with Crippen LogP contribution in [0.4, 0.5) is 5.69 Å². The minimum atomic E-state index is -3.78. The minimum absolute atomic E-state index is 0.107. The predicted molar refractivity (Wildman–Crippen MR) is 140 cm³/mol. The molecule has 0 spiro atoms. The van der Waals surface area contributed by atoms with Gasteiger partial charge in [-0.25, -0.2) is 8.42 Å². The fourth-order valence-electron chi connectivity index (χ4n) is 5.06. The average Bonchev–Trinajstić information content (AvgIpc) is 2.90. The van der Waals surface area contributed by atoms with Crippen LogP contribution in [-0.2, 0) is 19.6 Å². The number of hydrogen-bond acceptors (Lipinski definition) is 5. The molecule has 1 saturated carbocycles. The molecule has 198 valence electrons. The van der Waals surface area contributed by atoms with Crippen molar-refractivity contribution >= 4 is 33.4 Å². The molecule has 1 aliphatic carbocycles. The molecular weight excluding hydrogens is 492 g/mol. The average molecular weight is 527 g/mol. The topological polar surface area (TPSA) is 125 Å². The Kier molecular flexibility index (Phi) is 8.60. The van der Waals surface area contributed by atoms with Crippen molar-refractivity contribution in [2.75, 3.05) is 18.4 Å². The standard InChI is InChI=1S/C27H34N4O5S/c1-19(32)28-22-13-15-23(16-14-22)37(35,36)31-17-7-10-21(18-31)27(34)30-25-12-6-5-11-24(25)29-26(33)20-8-3-2-4-9-20/h2-4,8-9,13-16,21,24-25H,5-7,10-12,17-18H2,1H3,(H,28,32)(H,29,33)(H,30,34)/t21?,24-,25?/m1/s1. The van der Waals surface area contributed by atoms with E-state index in [1.54, 1.807) is 24.3 Å². The molecule has 0 radical (unpaired) electrons. The van der Waals surface area contributed by atoms with Crippen LogP contribution in [0, 0.1) is 5.92 Å². The van der Waals surface area contributed by atoms with Crippen LogP contribution in [0.1, 0.15) is 55.8 Å². The highest BCUT2D eigenvalue weighted by Gasteiger charge is 2.35. The molecule has 3 atom stereocenters. The molecule has 1 aliphatic heterocycles. The molecule has 1 saturated heterocycles. The molecule has 2 unspecified atom stereocenters. The Labute approximate surface area is 218 Å². The molecule has 3 N–H and O–H groups in total. The van der Waals surface area contributed by atoms with Crippen molar-refractivity contribution in [3.63, 3.8) is 0 Å². The number of carbonyl (C=O) groups is 3. The second kappa shape index (κ2) is 11.9. The van der Waals surface area contributed by atoms with Crippen molar-refractivity contribution < 1.29 is 22.8 Å².